The minimum Gasteiger partial charge on any atom is -0.382 e. The summed E-state index contributed by atoms with van der Waals surface area (Å²) in [7, 11) is 0. The second-order valence-electron chi connectivity index (χ2n) is 12.0. The zero-order chi connectivity index (χ0) is 37.3. The van der Waals surface area contributed by atoms with Crippen molar-refractivity contribution in [3.05, 3.63) is 91.0 Å². The lowest BCUT2D eigenvalue weighted by Crippen LogP contribution is -2.46. The molecule has 0 spiro atoms. The van der Waals surface area contributed by atoms with Crippen LogP contribution < -0.4 is 15.7 Å². The molecule has 3 N–H and O–H groups in total. The topological polar surface area (TPSA) is 97.3 Å². The molecule has 4 aliphatic rings. The Hall–Kier alpha value is -4.12. The number of hydrogen-bond acceptors (Lipinski definition) is 6. The number of benzene rings is 2. The number of nitrogens with one attached hydrogen (secondary N) is 2. The molecule has 8 nitrogen and oxygen atoms in total. The zero-order valence-electron chi connectivity index (χ0n) is 30.3. The third-order valence-electron chi connectivity index (χ3n) is 8.90. The Balaban J connectivity index is 0.000000379. The first kappa shape index (κ1) is 42.0. The van der Waals surface area contributed by atoms with Crippen molar-refractivity contribution in [2.45, 2.75) is 122 Å². The Kier molecular flexibility index (Phi) is 17.8. The van der Waals surface area contributed by atoms with E-state index >= 15 is 0 Å². The predicted octanol–water partition coefficient (Wildman–Crippen LogP) is 9.05. The van der Waals surface area contributed by atoms with Crippen LogP contribution in [-0.2, 0) is 9.59 Å². The third-order valence-corrected chi connectivity index (χ3v) is 8.90. The summed E-state index contributed by atoms with van der Waals surface area (Å²) in [5.41, 5.74) is 1.79. The quantitative estimate of drug-likeness (QED) is 0.207. The van der Waals surface area contributed by atoms with Crippen molar-refractivity contribution in [2.75, 3.05) is 11.6 Å². The number of hydrogen-bond donors (Lipinski definition) is 3. The maximum absolute atomic E-state index is 13.8. The van der Waals surface area contributed by atoms with Crippen LogP contribution in [0.25, 0.3) is 0 Å². The van der Waals surface area contributed by atoms with E-state index in [9.17, 15) is 28.0 Å². The van der Waals surface area contributed by atoms with E-state index in [-0.39, 0.29) is 43.3 Å². The van der Waals surface area contributed by atoms with Crippen LogP contribution in [0.1, 0.15) is 115 Å². The Morgan fingerprint density at radius 3 is 2.24 bits per heavy atom. The van der Waals surface area contributed by atoms with Crippen LogP contribution in [0.3, 0.4) is 0 Å². The first-order chi connectivity index (χ1) is 24.1. The van der Waals surface area contributed by atoms with E-state index in [2.05, 4.69) is 35.7 Å². The molecular formula is C39H56F3N5O3. The average Bonchev–Trinajstić information content (AvgIpc) is 3.46. The molecule has 2 aromatic rings. The van der Waals surface area contributed by atoms with Gasteiger partial charge in [0.1, 0.15) is 11.7 Å². The first-order valence-electron chi connectivity index (χ1n) is 17.9. The number of amides is 2. The van der Waals surface area contributed by atoms with E-state index in [1.165, 1.54) is 18.2 Å². The molecule has 276 valence electrons. The molecule has 0 unspecified atom stereocenters. The monoisotopic (exact) mass is 699 g/mol. The lowest BCUT2D eigenvalue weighted by atomic mass is 9.77. The van der Waals surface area contributed by atoms with Gasteiger partial charge in [0.05, 0.1) is 12.2 Å². The number of carbonyl (C=O) groups is 2. The van der Waals surface area contributed by atoms with Crippen LogP contribution in [0, 0.1) is 5.82 Å². The van der Waals surface area contributed by atoms with E-state index in [1.54, 1.807) is 29.4 Å². The van der Waals surface area contributed by atoms with Crippen LogP contribution in [-0.4, -0.2) is 52.3 Å². The van der Waals surface area contributed by atoms with Crippen LogP contribution in [0.2, 0.25) is 0 Å². The van der Waals surface area contributed by atoms with Crippen molar-refractivity contribution < 1.29 is 28.0 Å². The zero-order valence-corrected chi connectivity index (χ0v) is 30.3. The number of likely N-dealkylation sites (tertiary alicyclic amines) is 1. The van der Waals surface area contributed by atoms with Crippen molar-refractivity contribution in [3.8, 4) is 0 Å². The molecule has 6 rings (SSSR count). The molecule has 0 aromatic heterocycles. The molecule has 1 saturated heterocycles. The van der Waals surface area contributed by atoms with Gasteiger partial charge in [-0.25, -0.2) is 23.2 Å². The summed E-state index contributed by atoms with van der Waals surface area (Å²) in [5, 5.41) is 17.7. The van der Waals surface area contributed by atoms with Crippen molar-refractivity contribution in [2.24, 2.45) is 4.99 Å². The summed E-state index contributed by atoms with van der Waals surface area (Å²) >= 11 is 0. The molecule has 2 aromatic carbocycles. The number of aliphatic imine (C=N–C) groups is 1. The summed E-state index contributed by atoms with van der Waals surface area (Å²) in [6.07, 6.45) is 8.03. The molecular weight excluding hydrogens is 643 g/mol. The fourth-order valence-electron chi connectivity index (χ4n) is 6.21. The predicted molar refractivity (Wildman–Crippen MR) is 196 cm³/mol. The van der Waals surface area contributed by atoms with Gasteiger partial charge >= 0.3 is 0 Å². The van der Waals surface area contributed by atoms with Gasteiger partial charge in [0, 0.05) is 43.7 Å². The van der Waals surface area contributed by atoms with Crippen LogP contribution in [0.15, 0.2) is 79.1 Å². The lowest BCUT2D eigenvalue weighted by molar-refractivity contribution is -0.126. The highest BCUT2D eigenvalue weighted by Crippen LogP contribution is 2.41. The number of rotatable bonds is 6. The number of anilines is 1. The lowest BCUT2D eigenvalue weighted by Gasteiger charge is -2.35. The van der Waals surface area contributed by atoms with Gasteiger partial charge in [-0.15, -0.1) is 13.2 Å². The highest BCUT2D eigenvalue weighted by Gasteiger charge is 2.38. The standard InChI is InChI=1S/C24H27F3N2O2.C9H13N3O.2C2H6.C2H4/c25-17-7-4-8-19(15-17)29(31)22(21-10-2-1-9-20(21)16-5-3-6-16)23(30)28-18-11-13-24(26,27)14-12-18;1-7-2-3-9(13)12(7)8-6-10-4-5-11-8;3*1-2/h1-2,4,7-10,15-16,18,22,31H,3,5-6,11-14H2,(H,28,30);4-5,7,10H,2-3,6H2,1H3;2*1-2H3;1-2H2/t22-;7-;;;/m01.../s1. The normalized spacial score (nSPS) is 19.9. The van der Waals surface area contributed by atoms with E-state index in [1.807, 2.05) is 39.8 Å². The molecule has 0 radical (unpaired) electrons. The number of halogens is 3. The van der Waals surface area contributed by atoms with Crippen molar-refractivity contribution in [1.82, 2.24) is 15.5 Å². The molecule has 2 amide bonds. The van der Waals surface area contributed by atoms with Gasteiger partial charge in [0.2, 0.25) is 17.7 Å². The summed E-state index contributed by atoms with van der Waals surface area (Å²) in [5.74, 6) is -2.35. The third kappa shape index (κ3) is 11.5. The molecule has 50 heavy (non-hydrogen) atoms. The first-order valence-corrected chi connectivity index (χ1v) is 17.9. The SMILES string of the molecule is C=C.CC.CC.C[C@@H]1CCC(=O)N1C1=NC=CNC1.O=C(NC1CCC(F)(F)CC1)[C@H](c1ccccc1C1CCC1)N(O)c1cccc(F)c1. The van der Waals surface area contributed by atoms with E-state index in [0.29, 0.717) is 30.5 Å². The average molecular weight is 700 g/mol. The number of nitrogens with zero attached hydrogens (tertiary/aromatic N) is 3. The van der Waals surface area contributed by atoms with Gasteiger partial charge in [0.15, 0.2) is 6.04 Å². The number of amidine groups is 1. The number of alkyl halides is 2. The second-order valence-corrected chi connectivity index (χ2v) is 12.0. The smallest absolute Gasteiger partial charge is 0.250 e. The van der Waals surface area contributed by atoms with E-state index < -0.39 is 23.7 Å². The number of hydroxylamine groups is 1. The highest BCUT2D eigenvalue weighted by molar-refractivity contribution is 6.01. The van der Waals surface area contributed by atoms with Gasteiger partial charge < -0.3 is 10.6 Å². The van der Waals surface area contributed by atoms with Gasteiger partial charge in [-0.05, 0) is 74.3 Å². The van der Waals surface area contributed by atoms with Gasteiger partial charge in [-0.2, -0.15) is 0 Å². The molecule has 2 heterocycles. The Morgan fingerprint density at radius 1 is 1.04 bits per heavy atom. The second kappa shape index (κ2) is 21.2. The van der Waals surface area contributed by atoms with Crippen LogP contribution in [0.4, 0.5) is 18.9 Å². The fourth-order valence-corrected chi connectivity index (χ4v) is 6.21. The van der Waals surface area contributed by atoms with Crippen LogP contribution >= 0.6 is 0 Å². The maximum atomic E-state index is 13.8. The maximum Gasteiger partial charge on any atom is 0.250 e. The molecule has 2 aliphatic heterocycles. The van der Waals surface area contributed by atoms with Gasteiger partial charge in [-0.3, -0.25) is 19.7 Å². The molecule has 2 atom stereocenters. The Bertz CT molecular complexity index is 1400. The van der Waals surface area contributed by atoms with Crippen molar-refractivity contribution in [3.63, 3.8) is 0 Å². The summed E-state index contributed by atoms with van der Waals surface area (Å²) in [6, 6.07) is 11.7. The summed E-state index contributed by atoms with van der Waals surface area (Å²) in [6.45, 7) is 16.7. The van der Waals surface area contributed by atoms with Crippen molar-refractivity contribution in [1.29, 1.82) is 0 Å². The largest absolute Gasteiger partial charge is 0.382 e. The highest BCUT2D eigenvalue weighted by atomic mass is 19.3. The van der Waals surface area contributed by atoms with E-state index in [4.69, 9.17) is 0 Å². The minimum absolute atomic E-state index is 0.152. The molecule has 2 aliphatic carbocycles. The van der Waals surface area contributed by atoms with Crippen molar-refractivity contribution >= 4 is 23.3 Å². The molecule has 0 bridgehead atoms. The molecule has 11 heteroatoms. The Morgan fingerprint density at radius 2 is 1.70 bits per heavy atom. The van der Waals surface area contributed by atoms with E-state index in [0.717, 1.165) is 48.2 Å². The van der Waals surface area contributed by atoms with Gasteiger partial charge in [0.25, 0.3) is 0 Å². The fraction of sp³-hybridized carbons (Fsp3) is 0.513. The molecule has 2 saturated carbocycles. The summed E-state index contributed by atoms with van der Waals surface area (Å²) < 4.78 is 40.8. The van der Waals surface area contributed by atoms with Gasteiger partial charge in [-0.1, -0.05) is 64.4 Å². The summed E-state index contributed by atoms with van der Waals surface area (Å²) in [4.78, 5) is 30.8. The number of carbonyl (C=O) groups excluding carboxylic acids is 2. The van der Waals surface area contributed by atoms with Crippen LogP contribution in [0.5, 0.6) is 0 Å². The minimum atomic E-state index is -2.69. The molecule has 3 fully saturated rings. The Labute approximate surface area is 296 Å².